The minimum absolute atomic E-state index is 0.000666. The van der Waals surface area contributed by atoms with Gasteiger partial charge in [0.25, 0.3) is 5.56 Å². The van der Waals surface area contributed by atoms with Crippen LogP contribution in [0.4, 0.5) is 0 Å². The van der Waals surface area contributed by atoms with Crippen LogP contribution < -0.4 is 5.56 Å². The smallest absolute Gasteiger partial charge is 0.387 e. The summed E-state index contributed by atoms with van der Waals surface area (Å²) >= 11 is 0. The molecule has 5 N–H and O–H groups in total. The summed E-state index contributed by atoms with van der Waals surface area (Å²) in [6, 6.07) is 0. The Morgan fingerprint density at radius 3 is 2.47 bits per heavy atom. The van der Waals surface area contributed by atoms with Gasteiger partial charge in [0.15, 0.2) is 17.4 Å². The van der Waals surface area contributed by atoms with Crippen molar-refractivity contribution in [1.82, 2.24) is 19.5 Å². The zero-order chi connectivity index (χ0) is 25.5. The SMILES string of the molecule is CO[C@H]1C(O)[C@@H](COP(=O)(OC)OP(=O)(O)OP(=O)(O)O)O[C@H]1n1cnc2c(=O)[nH]c(C)nc21. The molecular weight excluding hydrogens is 529 g/mol. The number of aliphatic hydroxyl groups excluding tert-OH is 1. The highest BCUT2D eigenvalue weighted by atomic mass is 31.3. The molecular formula is C13H21N4O14P3. The van der Waals surface area contributed by atoms with E-state index in [0.717, 1.165) is 7.11 Å². The predicted octanol–water partition coefficient (Wildman–Crippen LogP) is -0.301. The second kappa shape index (κ2) is 9.95. The molecule has 1 aliphatic heterocycles. The number of methoxy groups -OCH3 is 1. The summed E-state index contributed by atoms with van der Waals surface area (Å²) in [4.78, 5) is 49.4. The summed E-state index contributed by atoms with van der Waals surface area (Å²) in [5, 5.41) is 10.6. The van der Waals surface area contributed by atoms with Gasteiger partial charge < -0.3 is 34.2 Å². The lowest BCUT2D eigenvalue weighted by Crippen LogP contribution is -2.35. The first-order chi connectivity index (χ1) is 15.7. The number of H-pyrrole nitrogens is 1. The van der Waals surface area contributed by atoms with E-state index < -0.39 is 60.2 Å². The van der Waals surface area contributed by atoms with E-state index in [2.05, 4.69) is 28.1 Å². The normalized spacial score (nSPS) is 27.0. The second-order valence-electron chi connectivity index (χ2n) is 6.78. The maximum absolute atomic E-state index is 12.5. The molecule has 1 fully saturated rings. The van der Waals surface area contributed by atoms with Crippen molar-refractivity contribution in [2.24, 2.45) is 0 Å². The maximum atomic E-state index is 12.5. The minimum atomic E-state index is -5.59. The molecule has 34 heavy (non-hydrogen) atoms. The number of hydrogen-bond acceptors (Lipinski definition) is 13. The largest absolute Gasteiger partial charge is 0.490 e. The fourth-order valence-corrected chi connectivity index (χ4v) is 6.47. The van der Waals surface area contributed by atoms with E-state index in [0.29, 0.717) is 0 Å². The average Bonchev–Trinajstić information content (AvgIpc) is 3.24. The molecule has 6 atom stereocenters. The third-order valence-electron chi connectivity index (χ3n) is 4.44. The van der Waals surface area contributed by atoms with Crippen molar-refractivity contribution >= 4 is 34.6 Å². The van der Waals surface area contributed by atoms with Crippen molar-refractivity contribution in [3.05, 3.63) is 22.5 Å². The molecule has 0 aliphatic carbocycles. The minimum Gasteiger partial charge on any atom is -0.387 e. The van der Waals surface area contributed by atoms with Gasteiger partial charge in [-0.15, -0.1) is 0 Å². The fourth-order valence-electron chi connectivity index (χ4n) is 3.11. The molecule has 2 aromatic heterocycles. The molecule has 1 saturated heterocycles. The lowest BCUT2D eigenvalue weighted by molar-refractivity contribution is -0.0580. The Morgan fingerprint density at radius 2 is 1.88 bits per heavy atom. The van der Waals surface area contributed by atoms with Crippen LogP contribution in [0.15, 0.2) is 11.1 Å². The number of phosphoric ester groups is 1. The molecule has 0 radical (unpaired) electrons. The fraction of sp³-hybridized carbons (Fsp3) is 0.615. The number of ether oxygens (including phenoxy) is 2. The molecule has 0 aromatic carbocycles. The number of aryl methyl sites for hydroxylation is 1. The number of aliphatic hydroxyl groups is 1. The first-order valence-corrected chi connectivity index (χ1v) is 13.6. The summed E-state index contributed by atoms with van der Waals surface area (Å²) in [6.45, 7) is 0.781. The van der Waals surface area contributed by atoms with Crippen molar-refractivity contribution in [3.8, 4) is 0 Å². The summed E-state index contributed by atoms with van der Waals surface area (Å²) in [6.07, 6.45) is -3.62. The molecule has 3 heterocycles. The summed E-state index contributed by atoms with van der Waals surface area (Å²) in [5.41, 5.74) is -0.374. The topological polar surface area (TPSA) is 251 Å². The number of hydrogen-bond donors (Lipinski definition) is 5. The van der Waals surface area contributed by atoms with E-state index in [1.165, 1.54) is 18.0 Å². The van der Waals surface area contributed by atoms with Crippen LogP contribution in [0, 0.1) is 6.92 Å². The van der Waals surface area contributed by atoms with E-state index in [4.69, 9.17) is 23.8 Å². The number of imidazole rings is 1. The van der Waals surface area contributed by atoms with E-state index >= 15 is 0 Å². The highest BCUT2D eigenvalue weighted by Crippen LogP contribution is 2.68. The first-order valence-electron chi connectivity index (χ1n) is 9.10. The Hall–Kier alpha value is -1.36. The van der Waals surface area contributed by atoms with Crippen molar-refractivity contribution in [3.63, 3.8) is 0 Å². The monoisotopic (exact) mass is 550 g/mol. The van der Waals surface area contributed by atoms with Gasteiger partial charge in [-0.25, -0.2) is 23.7 Å². The van der Waals surface area contributed by atoms with Gasteiger partial charge in [-0.05, 0) is 6.92 Å². The zero-order valence-electron chi connectivity index (χ0n) is 17.6. The van der Waals surface area contributed by atoms with Crippen LogP contribution in [0.2, 0.25) is 0 Å². The molecule has 2 aromatic rings. The number of nitrogens with zero attached hydrogens (tertiary/aromatic N) is 3. The average molecular weight is 550 g/mol. The van der Waals surface area contributed by atoms with E-state index in [1.807, 2.05) is 0 Å². The van der Waals surface area contributed by atoms with E-state index in [1.54, 1.807) is 6.92 Å². The molecule has 192 valence electrons. The zero-order valence-corrected chi connectivity index (χ0v) is 20.3. The van der Waals surface area contributed by atoms with Crippen LogP contribution in [0.25, 0.3) is 11.2 Å². The first kappa shape index (κ1) is 27.2. The molecule has 0 bridgehead atoms. The second-order valence-corrected chi connectivity index (χ2v) is 11.5. The molecule has 0 spiro atoms. The van der Waals surface area contributed by atoms with Crippen molar-refractivity contribution < 1.29 is 60.6 Å². The number of aromatic nitrogens is 4. The highest BCUT2D eigenvalue weighted by Gasteiger charge is 2.48. The molecule has 3 rings (SSSR count). The summed E-state index contributed by atoms with van der Waals surface area (Å²) in [7, 11) is -14.0. The van der Waals surface area contributed by atoms with Crippen LogP contribution in [0.3, 0.4) is 0 Å². The van der Waals surface area contributed by atoms with E-state index in [-0.39, 0.29) is 17.0 Å². The lowest BCUT2D eigenvalue weighted by Gasteiger charge is -2.21. The van der Waals surface area contributed by atoms with Gasteiger partial charge in [0, 0.05) is 14.2 Å². The Morgan fingerprint density at radius 1 is 1.21 bits per heavy atom. The number of phosphoric acid groups is 3. The van der Waals surface area contributed by atoms with Gasteiger partial charge >= 0.3 is 23.5 Å². The van der Waals surface area contributed by atoms with Gasteiger partial charge in [-0.1, -0.05) is 0 Å². The Labute approximate surface area is 190 Å². The third kappa shape index (κ3) is 6.06. The third-order valence-corrected chi connectivity index (χ3v) is 8.66. The predicted molar refractivity (Wildman–Crippen MR) is 108 cm³/mol. The number of fused-ring (bicyclic) bond motifs is 1. The quantitative estimate of drug-likeness (QED) is 0.238. The van der Waals surface area contributed by atoms with Gasteiger partial charge in [-0.3, -0.25) is 18.4 Å². The van der Waals surface area contributed by atoms with Gasteiger partial charge in [0.2, 0.25) is 0 Å². The van der Waals surface area contributed by atoms with Gasteiger partial charge in [0.1, 0.15) is 24.1 Å². The number of rotatable bonds is 10. The van der Waals surface area contributed by atoms with Crippen LogP contribution in [0.5, 0.6) is 0 Å². The van der Waals surface area contributed by atoms with Crippen LogP contribution in [-0.2, 0) is 40.8 Å². The summed E-state index contributed by atoms with van der Waals surface area (Å²) in [5.74, 6) is 0.288. The molecule has 0 saturated carbocycles. The van der Waals surface area contributed by atoms with Crippen molar-refractivity contribution in [2.75, 3.05) is 20.8 Å². The lowest BCUT2D eigenvalue weighted by atomic mass is 10.1. The van der Waals surface area contributed by atoms with Gasteiger partial charge in [-0.2, -0.15) is 8.62 Å². The standard InChI is InChI=1S/C13H21N4O14P3/c1-6-15-11-8(12(19)16-6)14-5-17(11)13-10(26-2)9(18)7(29-13)4-28-34(25,27-3)31-33(23,24)30-32(20,21)22/h5,7,9-10,13,18H,4H2,1-3H3,(H,23,24)(H,15,16,19)(H2,20,21,22)/t7-,9?,10+,13-,34?/m1/s1. The molecule has 0 amide bonds. The molecule has 1 aliphatic rings. The van der Waals surface area contributed by atoms with Crippen LogP contribution in [-0.4, -0.2) is 78.4 Å². The number of nitrogens with one attached hydrogen (secondary N) is 1. The van der Waals surface area contributed by atoms with Crippen molar-refractivity contribution in [2.45, 2.75) is 31.5 Å². The van der Waals surface area contributed by atoms with Gasteiger partial charge in [0.05, 0.1) is 12.9 Å². The van der Waals surface area contributed by atoms with Crippen LogP contribution in [0.1, 0.15) is 12.1 Å². The molecule has 18 nitrogen and oxygen atoms in total. The van der Waals surface area contributed by atoms with Crippen LogP contribution >= 0.6 is 23.5 Å². The highest BCUT2D eigenvalue weighted by molar-refractivity contribution is 7.66. The maximum Gasteiger partial charge on any atom is 0.490 e. The van der Waals surface area contributed by atoms with E-state index in [9.17, 15) is 28.5 Å². The number of aromatic amines is 1. The Kier molecular flexibility index (Phi) is 7.97. The van der Waals surface area contributed by atoms with Crippen molar-refractivity contribution in [1.29, 1.82) is 0 Å². The molecule has 3 unspecified atom stereocenters. The molecule has 21 heteroatoms. The summed E-state index contributed by atoms with van der Waals surface area (Å²) < 4.78 is 64.3. The Balaban J connectivity index is 1.79. The Bertz CT molecular complexity index is 1240.